The van der Waals surface area contributed by atoms with Gasteiger partial charge in [0, 0.05) is 17.8 Å². The van der Waals surface area contributed by atoms with Gasteiger partial charge < -0.3 is 11.1 Å². The summed E-state index contributed by atoms with van der Waals surface area (Å²) in [5, 5.41) is 5.98. The molecule has 0 unspecified atom stereocenters. The van der Waals surface area contributed by atoms with Crippen LogP contribution in [-0.2, 0) is 6.54 Å². The van der Waals surface area contributed by atoms with Crippen LogP contribution >= 0.6 is 12.2 Å². The zero-order valence-corrected chi connectivity index (χ0v) is 12.4. The monoisotopic (exact) mass is 292 g/mol. The van der Waals surface area contributed by atoms with Crippen molar-refractivity contribution in [3.05, 3.63) is 77.9 Å². The van der Waals surface area contributed by atoms with Gasteiger partial charge in [0.05, 0.1) is 0 Å². The van der Waals surface area contributed by atoms with Gasteiger partial charge in [0.15, 0.2) is 0 Å². The van der Waals surface area contributed by atoms with Gasteiger partial charge in [-0.15, -0.1) is 0 Å². The van der Waals surface area contributed by atoms with Crippen LogP contribution < -0.4 is 11.1 Å². The van der Waals surface area contributed by atoms with Crippen molar-refractivity contribution in [3.63, 3.8) is 0 Å². The summed E-state index contributed by atoms with van der Waals surface area (Å²) in [5.74, 6) is 0. The van der Waals surface area contributed by atoms with Gasteiger partial charge in [-0.05, 0) is 40.6 Å². The van der Waals surface area contributed by atoms with E-state index in [4.69, 9.17) is 18.0 Å². The minimum absolute atomic E-state index is 0.426. The Morgan fingerprint density at radius 1 is 0.905 bits per heavy atom. The number of fused-ring (bicyclic) bond motifs is 1. The Morgan fingerprint density at radius 2 is 1.62 bits per heavy atom. The molecule has 0 spiro atoms. The Hall–Kier alpha value is -2.39. The minimum Gasteiger partial charge on any atom is -0.389 e. The number of nitrogens with one attached hydrogen (secondary N) is 1. The van der Waals surface area contributed by atoms with Gasteiger partial charge in [0.1, 0.15) is 4.99 Å². The summed E-state index contributed by atoms with van der Waals surface area (Å²) < 4.78 is 0. The lowest BCUT2D eigenvalue weighted by Crippen LogP contribution is -2.09. The molecule has 104 valence electrons. The average Bonchev–Trinajstić information content (AvgIpc) is 2.53. The summed E-state index contributed by atoms with van der Waals surface area (Å²) in [6.45, 7) is 0.785. The quantitative estimate of drug-likeness (QED) is 0.711. The molecule has 2 nitrogen and oxygen atoms in total. The highest BCUT2D eigenvalue weighted by Gasteiger charge is 2.01. The Balaban J connectivity index is 1.79. The molecule has 0 aromatic heterocycles. The molecule has 3 aromatic rings. The molecule has 0 bridgehead atoms. The zero-order chi connectivity index (χ0) is 14.7. The van der Waals surface area contributed by atoms with Crippen LogP contribution in [0.3, 0.4) is 0 Å². The van der Waals surface area contributed by atoms with E-state index >= 15 is 0 Å². The van der Waals surface area contributed by atoms with Crippen LogP contribution in [0.1, 0.15) is 11.1 Å². The first-order valence-electron chi connectivity index (χ1n) is 6.84. The highest BCUT2D eigenvalue weighted by Crippen LogP contribution is 2.20. The van der Waals surface area contributed by atoms with E-state index in [2.05, 4.69) is 47.8 Å². The van der Waals surface area contributed by atoms with E-state index in [0.717, 1.165) is 17.8 Å². The van der Waals surface area contributed by atoms with Crippen molar-refractivity contribution < 1.29 is 0 Å². The van der Waals surface area contributed by atoms with E-state index in [1.54, 1.807) is 0 Å². The maximum absolute atomic E-state index is 5.60. The van der Waals surface area contributed by atoms with Crippen LogP contribution in [0.25, 0.3) is 10.8 Å². The largest absolute Gasteiger partial charge is 0.389 e. The Kier molecular flexibility index (Phi) is 3.84. The van der Waals surface area contributed by atoms with E-state index in [1.165, 1.54) is 16.3 Å². The topological polar surface area (TPSA) is 38.0 Å². The Morgan fingerprint density at radius 3 is 2.38 bits per heavy atom. The lowest BCUT2D eigenvalue weighted by Gasteiger charge is -2.10. The maximum atomic E-state index is 5.60. The smallest absolute Gasteiger partial charge is 0.103 e. The third-order valence-corrected chi connectivity index (χ3v) is 3.77. The number of benzene rings is 3. The molecule has 0 radical (unpaired) electrons. The van der Waals surface area contributed by atoms with Gasteiger partial charge in [-0.1, -0.05) is 54.7 Å². The first kappa shape index (κ1) is 13.6. The van der Waals surface area contributed by atoms with Crippen molar-refractivity contribution in [2.45, 2.75) is 6.54 Å². The number of rotatable bonds is 4. The molecule has 3 heteroatoms. The molecule has 21 heavy (non-hydrogen) atoms. The average molecular weight is 292 g/mol. The van der Waals surface area contributed by atoms with Gasteiger partial charge in [-0.2, -0.15) is 0 Å². The summed E-state index contributed by atoms with van der Waals surface area (Å²) in [5.41, 5.74) is 8.83. The second kappa shape index (κ2) is 5.94. The maximum Gasteiger partial charge on any atom is 0.103 e. The zero-order valence-electron chi connectivity index (χ0n) is 11.5. The fourth-order valence-corrected chi connectivity index (χ4v) is 2.53. The van der Waals surface area contributed by atoms with Crippen molar-refractivity contribution in [1.29, 1.82) is 0 Å². The molecular formula is C18H16N2S. The molecule has 0 aliphatic rings. The van der Waals surface area contributed by atoms with Crippen molar-refractivity contribution in [3.8, 4) is 0 Å². The SMILES string of the molecule is NC(=S)c1ccc(NCc2cccc3ccccc23)cc1. The van der Waals surface area contributed by atoms with Crippen LogP contribution in [0.4, 0.5) is 5.69 Å². The molecule has 3 aromatic carbocycles. The van der Waals surface area contributed by atoms with Crippen LogP contribution in [0.5, 0.6) is 0 Å². The molecule has 0 aliphatic carbocycles. The van der Waals surface area contributed by atoms with Crippen LogP contribution in [0, 0.1) is 0 Å². The van der Waals surface area contributed by atoms with Gasteiger partial charge in [-0.3, -0.25) is 0 Å². The Labute approximate surface area is 129 Å². The van der Waals surface area contributed by atoms with Crippen molar-refractivity contribution >= 4 is 33.7 Å². The lowest BCUT2D eigenvalue weighted by molar-refractivity contribution is 1.17. The highest BCUT2D eigenvalue weighted by atomic mass is 32.1. The van der Waals surface area contributed by atoms with E-state index in [1.807, 2.05) is 24.3 Å². The second-order valence-electron chi connectivity index (χ2n) is 4.93. The van der Waals surface area contributed by atoms with Crippen molar-refractivity contribution in [1.82, 2.24) is 0 Å². The first-order chi connectivity index (χ1) is 10.2. The van der Waals surface area contributed by atoms with Crippen LogP contribution in [-0.4, -0.2) is 4.99 Å². The number of anilines is 1. The molecule has 0 heterocycles. The number of nitrogens with two attached hydrogens (primary N) is 1. The van der Waals surface area contributed by atoms with E-state index in [9.17, 15) is 0 Å². The van der Waals surface area contributed by atoms with E-state index < -0.39 is 0 Å². The molecule has 0 fully saturated rings. The predicted octanol–water partition coefficient (Wildman–Crippen LogP) is 4.09. The van der Waals surface area contributed by atoms with Crippen LogP contribution in [0.15, 0.2) is 66.7 Å². The lowest BCUT2D eigenvalue weighted by atomic mass is 10.0. The van der Waals surface area contributed by atoms with Gasteiger partial charge in [0.2, 0.25) is 0 Å². The van der Waals surface area contributed by atoms with E-state index in [-0.39, 0.29) is 0 Å². The fourth-order valence-electron chi connectivity index (χ4n) is 2.40. The Bertz CT molecular complexity index is 773. The summed E-state index contributed by atoms with van der Waals surface area (Å²) in [6.07, 6.45) is 0. The predicted molar refractivity (Wildman–Crippen MR) is 93.6 cm³/mol. The third kappa shape index (κ3) is 3.03. The fraction of sp³-hybridized carbons (Fsp3) is 0.0556. The van der Waals surface area contributed by atoms with Crippen molar-refractivity contribution in [2.75, 3.05) is 5.32 Å². The molecule has 3 rings (SSSR count). The number of hydrogen-bond acceptors (Lipinski definition) is 2. The molecule has 0 amide bonds. The summed E-state index contributed by atoms with van der Waals surface area (Å²) in [7, 11) is 0. The number of thiocarbonyl (C=S) groups is 1. The summed E-state index contributed by atoms with van der Waals surface area (Å²) >= 11 is 4.96. The molecular weight excluding hydrogens is 276 g/mol. The number of hydrogen-bond donors (Lipinski definition) is 2. The highest BCUT2D eigenvalue weighted by molar-refractivity contribution is 7.80. The standard InChI is InChI=1S/C18H16N2S/c19-18(21)14-8-10-16(11-9-14)20-12-15-6-3-5-13-4-1-2-7-17(13)15/h1-11,20H,12H2,(H2,19,21). The van der Waals surface area contributed by atoms with Gasteiger partial charge >= 0.3 is 0 Å². The third-order valence-electron chi connectivity index (χ3n) is 3.53. The summed E-state index contributed by atoms with van der Waals surface area (Å²) in [4.78, 5) is 0.426. The normalized spacial score (nSPS) is 10.5. The minimum atomic E-state index is 0.426. The van der Waals surface area contributed by atoms with Crippen LogP contribution in [0.2, 0.25) is 0 Å². The molecule has 0 aliphatic heterocycles. The molecule has 0 saturated carbocycles. The van der Waals surface area contributed by atoms with Gasteiger partial charge in [0.25, 0.3) is 0 Å². The van der Waals surface area contributed by atoms with Crippen molar-refractivity contribution in [2.24, 2.45) is 5.73 Å². The second-order valence-corrected chi connectivity index (χ2v) is 5.37. The molecule has 0 saturated heterocycles. The molecule has 0 atom stereocenters. The molecule has 3 N–H and O–H groups in total. The first-order valence-corrected chi connectivity index (χ1v) is 7.25. The van der Waals surface area contributed by atoms with E-state index in [0.29, 0.717) is 4.99 Å². The van der Waals surface area contributed by atoms with Gasteiger partial charge in [-0.25, -0.2) is 0 Å². The summed E-state index contributed by atoms with van der Waals surface area (Å²) in [6, 6.07) is 22.7.